The predicted octanol–water partition coefficient (Wildman–Crippen LogP) is 4.13. The molecule has 0 radical (unpaired) electrons. The van der Waals surface area contributed by atoms with Crippen LogP contribution in [0.15, 0.2) is 36.4 Å². The predicted molar refractivity (Wildman–Crippen MR) is 80.0 cm³/mol. The average Bonchev–Trinajstić information content (AvgIpc) is 3.24. The summed E-state index contributed by atoms with van der Waals surface area (Å²) in [5.41, 5.74) is 5.17. The van der Waals surface area contributed by atoms with Crippen molar-refractivity contribution in [2.24, 2.45) is 0 Å². The minimum absolute atomic E-state index is 0.00701. The standard InChI is InChI=1S/C17H14ClNO/c18-16-8-11(10-1-2-10)5-6-14(16)12-3-4-13-9-19-17(20)15(13)7-12/h3-8,10H,1-2,9H2,(H,19,20). The summed E-state index contributed by atoms with van der Waals surface area (Å²) >= 11 is 6.42. The van der Waals surface area contributed by atoms with Gasteiger partial charge in [-0.15, -0.1) is 0 Å². The van der Waals surface area contributed by atoms with Crippen LogP contribution >= 0.6 is 11.6 Å². The highest BCUT2D eigenvalue weighted by molar-refractivity contribution is 6.33. The lowest BCUT2D eigenvalue weighted by Gasteiger charge is -2.08. The third-order valence-corrected chi connectivity index (χ3v) is 4.46. The summed E-state index contributed by atoms with van der Waals surface area (Å²) < 4.78 is 0. The molecular weight excluding hydrogens is 270 g/mol. The van der Waals surface area contributed by atoms with Gasteiger partial charge in [0.05, 0.1) is 0 Å². The zero-order valence-electron chi connectivity index (χ0n) is 10.9. The molecule has 2 aromatic rings. The Hall–Kier alpha value is -1.80. The van der Waals surface area contributed by atoms with Gasteiger partial charge in [-0.25, -0.2) is 0 Å². The number of halogens is 1. The van der Waals surface area contributed by atoms with Gasteiger partial charge < -0.3 is 5.32 Å². The van der Waals surface area contributed by atoms with Crippen LogP contribution in [0.5, 0.6) is 0 Å². The molecular formula is C17H14ClNO. The van der Waals surface area contributed by atoms with Gasteiger partial charge in [0, 0.05) is 22.7 Å². The molecule has 2 nitrogen and oxygen atoms in total. The van der Waals surface area contributed by atoms with Crippen molar-refractivity contribution < 1.29 is 4.79 Å². The molecule has 0 aromatic heterocycles. The molecule has 1 aliphatic heterocycles. The monoisotopic (exact) mass is 283 g/mol. The Morgan fingerprint density at radius 3 is 2.65 bits per heavy atom. The Morgan fingerprint density at radius 1 is 1.05 bits per heavy atom. The summed E-state index contributed by atoms with van der Waals surface area (Å²) in [6.45, 7) is 0.628. The maximum Gasteiger partial charge on any atom is 0.251 e. The second kappa shape index (κ2) is 4.35. The zero-order valence-corrected chi connectivity index (χ0v) is 11.7. The van der Waals surface area contributed by atoms with Crippen molar-refractivity contribution in [3.05, 3.63) is 58.1 Å². The van der Waals surface area contributed by atoms with E-state index in [-0.39, 0.29) is 5.91 Å². The van der Waals surface area contributed by atoms with E-state index in [1.54, 1.807) is 0 Å². The third-order valence-electron chi connectivity index (χ3n) is 4.15. The van der Waals surface area contributed by atoms with Crippen molar-refractivity contribution in [2.45, 2.75) is 25.3 Å². The van der Waals surface area contributed by atoms with Gasteiger partial charge in [0.2, 0.25) is 0 Å². The molecule has 2 aromatic carbocycles. The van der Waals surface area contributed by atoms with Crippen LogP contribution in [0.3, 0.4) is 0 Å². The van der Waals surface area contributed by atoms with Crippen molar-refractivity contribution in [3.63, 3.8) is 0 Å². The fourth-order valence-electron chi connectivity index (χ4n) is 2.82. The fourth-order valence-corrected chi connectivity index (χ4v) is 3.11. The molecule has 0 saturated heterocycles. The number of nitrogens with one attached hydrogen (secondary N) is 1. The number of hydrogen-bond acceptors (Lipinski definition) is 1. The highest BCUT2D eigenvalue weighted by Crippen LogP contribution is 2.42. The highest BCUT2D eigenvalue weighted by Gasteiger charge is 2.24. The first kappa shape index (κ1) is 12.0. The summed E-state index contributed by atoms with van der Waals surface area (Å²) in [5.74, 6) is 0.708. The Labute approximate surface area is 122 Å². The summed E-state index contributed by atoms with van der Waals surface area (Å²) in [4.78, 5) is 11.7. The summed E-state index contributed by atoms with van der Waals surface area (Å²) in [5, 5.41) is 3.61. The second-order valence-electron chi connectivity index (χ2n) is 5.57. The summed E-state index contributed by atoms with van der Waals surface area (Å²) in [7, 11) is 0. The van der Waals surface area contributed by atoms with Gasteiger partial charge in [0.25, 0.3) is 5.91 Å². The smallest absolute Gasteiger partial charge is 0.251 e. The molecule has 1 heterocycles. The van der Waals surface area contributed by atoms with Crippen molar-refractivity contribution in [1.29, 1.82) is 0 Å². The molecule has 4 rings (SSSR count). The normalized spacial score (nSPS) is 16.9. The SMILES string of the molecule is O=C1NCc2ccc(-c3ccc(C4CC4)cc3Cl)cc21. The molecule has 0 bridgehead atoms. The summed E-state index contributed by atoms with van der Waals surface area (Å²) in [6, 6.07) is 12.3. The molecule has 100 valence electrons. The van der Waals surface area contributed by atoms with E-state index in [1.165, 1.54) is 18.4 Å². The van der Waals surface area contributed by atoms with Crippen molar-refractivity contribution in [3.8, 4) is 11.1 Å². The number of amides is 1. The molecule has 20 heavy (non-hydrogen) atoms. The van der Waals surface area contributed by atoms with E-state index >= 15 is 0 Å². The van der Waals surface area contributed by atoms with E-state index in [2.05, 4.69) is 23.5 Å². The zero-order chi connectivity index (χ0) is 13.7. The molecule has 1 saturated carbocycles. The van der Waals surface area contributed by atoms with E-state index in [1.807, 2.05) is 18.2 Å². The molecule has 0 atom stereocenters. The van der Waals surface area contributed by atoms with E-state index in [9.17, 15) is 4.79 Å². The van der Waals surface area contributed by atoms with Crippen molar-refractivity contribution in [1.82, 2.24) is 5.32 Å². The van der Waals surface area contributed by atoms with Gasteiger partial charge in [-0.3, -0.25) is 4.79 Å². The second-order valence-corrected chi connectivity index (χ2v) is 5.98. The van der Waals surface area contributed by atoms with E-state index < -0.39 is 0 Å². The van der Waals surface area contributed by atoms with Crippen LogP contribution in [0.4, 0.5) is 0 Å². The average molecular weight is 284 g/mol. The minimum atomic E-state index is 0.00701. The van der Waals surface area contributed by atoms with E-state index in [4.69, 9.17) is 11.6 Å². The Morgan fingerprint density at radius 2 is 1.90 bits per heavy atom. The molecule has 1 fully saturated rings. The lowest BCUT2D eigenvalue weighted by Crippen LogP contribution is -2.12. The molecule has 0 unspecified atom stereocenters. The third kappa shape index (κ3) is 1.92. The van der Waals surface area contributed by atoms with Crippen molar-refractivity contribution >= 4 is 17.5 Å². The van der Waals surface area contributed by atoms with Gasteiger partial charge in [-0.2, -0.15) is 0 Å². The van der Waals surface area contributed by atoms with E-state index in [0.717, 1.165) is 27.3 Å². The molecule has 1 amide bonds. The van der Waals surface area contributed by atoms with Crippen LogP contribution in [0.25, 0.3) is 11.1 Å². The number of fused-ring (bicyclic) bond motifs is 1. The lowest BCUT2D eigenvalue weighted by molar-refractivity contribution is 0.0966. The Kier molecular flexibility index (Phi) is 2.61. The van der Waals surface area contributed by atoms with Crippen LogP contribution in [0, 0.1) is 0 Å². The van der Waals surface area contributed by atoms with Gasteiger partial charge in [0.15, 0.2) is 0 Å². The number of rotatable bonds is 2. The maximum atomic E-state index is 11.7. The molecule has 3 heteroatoms. The number of benzene rings is 2. The molecule has 0 spiro atoms. The van der Waals surface area contributed by atoms with Gasteiger partial charge in [-0.05, 0) is 47.6 Å². The molecule has 1 N–H and O–H groups in total. The van der Waals surface area contributed by atoms with Gasteiger partial charge in [-0.1, -0.05) is 35.9 Å². The minimum Gasteiger partial charge on any atom is -0.348 e. The maximum absolute atomic E-state index is 11.7. The largest absolute Gasteiger partial charge is 0.348 e. The van der Waals surface area contributed by atoms with Gasteiger partial charge in [0.1, 0.15) is 0 Å². The first-order chi connectivity index (χ1) is 9.72. The first-order valence-corrected chi connectivity index (χ1v) is 7.31. The summed E-state index contributed by atoms with van der Waals surface area (Å²) in [6.07, 6.45) is 2.55. The Balaban J connectivity index is 1.77. The molecule has 2 aliphatic rings. The molecule has 1 aliphatic carbocycles. The first-order valence-electron chi connectivity index (χ1n) is 6.93. The van der Waals surface area contributed by atoms with Crippen LogP contribution in [0.2, 0.25) is 5.02 Å². The lowest BCUT2D eigenvalue weighted by atomic mass is 9.98. The van der Waals surface area contributed by atoms with E-state index in [0.29, 0.717) is 12.5 Å². The van der Waals surface area contributed by atoms with Crippen LogP contribution in [0.1, 0.15) is 40.2 Å². The number of carbonyl (C=O) groups is 1. The quantitative estimate of drug-likeness (QED) is 0.882. The number of carbonyl (C=O) groups excluding carboxylic acids is 1. The van der Waals surface area contributed by atoms with Crippen molar-refractivity contribution in [2.75, 3.05) is 0 Å². The Bertz CT molecular complexity index is 719. The highest BCUT2D eigenvalue weighted by atomic mass is 35.5. The van der Waals surface area contributed by atoms with Crippen LogP contribution < -0.4 is 5.32 Å². The fraction of sp³-hybridized carbons (Fsp3) is 0.235. The number of hydrogen-bond donors (Lipinski definition) is 1. The van der Waals surface area contributed by atoms with Crippen LogP contribution in [-0.4, -0.2) is 5.91 Å². The van der Waals surface area contributed by atoms with Crippen LogP contribution in [-0.2, 0) is 6.54 Å². The topological polar surface area (TPSA) is 29.1 Å². The van der Waals surface area contributed by atoms with Gasteiger partial charge >= 0.3 is 0 Å².